The lowest BCUT2D eigenvalue weighted by molar-refractivity contribution is -0.385. The predicted octanol–water partition coefficient (Wildman–Crippen LogP) is 1.51. The maximum absolute atomic E-state index is 12.1. The van der Waals surface area contributed by atoms with Crippen LogP contribution in [0.5, 0.6) is 0 Å². The number of hydrogen-bond donors (Lipinski definition) is 2. The van der Waals surface area contributed by atoms with Crippen LogP contribution in [0.25, 0.3) is 6.08 Å². The highest BCUT2D eigenvalue weighted by Crippen LogP contribution is 2.16. The monoisotopic (exact) mass is 372 g/mol. The molecule has 10 heteroatoms. The van der Waals surface area contributed by atoms with Gasteiger partial charge in [0.05, 0.1) is 9.82 Å². The zero-order chi connectivity index (χ0) is 19.2. The number of carbonyl (C=O) groups is 1. The SMILES string of the molecule is N#C/C(=C/c1ccccc1)C(=O)NNS(=O)(=O)c1cccc([N+](=O)[O-])c1. The molecule has 2 rings (SSSR count). The van der Waals surface area contributed by atoms with Crippen molar-refractivity contribution in [3.63, 3.8) is 0 Å². The van der Waals surface area contributed by atoms with Crippen LogP contribution in [-0.4, -0.2) is 19.2 Å². The Hall–Kier alpha value is -3.55. The van der Waals surface area contributed by atoms with Gasteiger partial charge in [0.25, 0.3) is 21.6 Å². The van der Waals surface area contributed by atoms with Crippen molar-refractivity contribution in [3.05, 3.63) is 75.8 Å². The molecule has 26 heavy (non-hydrogen) atoms. The normalized spacial score (nSPS) is 11.4. The van der Waals surface area contributed by atoms with Crippen molar-refractivity contribution < 1.29 is 18.1 Å². The van der Waals surface area contributed by atoms with Crippen molar-refractivity contribution >= 4 is 27.7 Å². The highest BCUT2D eigenvalue weighted by Gasteiger charge is 2.19. The Labute approximate surface area is 148 Å². The number of nitro groups is 1. The number of carbonyl (C=O) groups excluding carboxylic acids is 1. The molecule has 0 unspecified atom stereocenters. The van der Waals surface area contributed by atoms with Crippen LogP contribution in [0.2, 0.25) is 0 Å². The summed E-state index contributed by atoms with van der Waals surface area (Å²) >= 11 is 0. The first-order chi connectivity index (χ1) is 12.3. The molecule has 0 bridgehead atoms. The van der Waals surface area contributed by atoms with E-state index in [2.05, 4.69) is 0 Å². The maximum atomic E-state index is 12.1. The van der Waals surface area contributed by atoms with Crippen molar-refractivity contribution in [2.75, 3.05) is 0 Å². The van der Waals surface area contributed by atoms with E-state index in [0.717, 1.165) is 18.2 Å². The second-order valence-electron chi connectivity index (χ2n) is 4.89. The molecular weight excluding hydrogens is 360 g/mol. The summed E-state index contributed by atoms with van der Waals surface area (Å²) in [6.45, 7) is 0. The van der Waals surface area contributed by atoms with Gasteiger partial charge in [0.15, 0.2) is 0 Å². The average Bonchev–Trinajstić information content (AvgIpc) is 2.65. The van der Waals surface area contributed by atoms with Gasteiger partial charge in [0, 0.05) is 12.1 Å². The van der Waals surface area contributed by atoms with Crippen LogP contribution in [-0.2, 0) is 14.8 Å². The summed E-state index contributed by atoms with van der Waals surface area (Å²) in [5, 5.41) is 19.8. The molecule has 0 aliphatic heterocycles. The van der Waals surface area contributed by atoms with E-state index in [1.807, 2.05) is 5.43 Å². The Balaban J connectivity index is 2.15. The topological polar surface area (TPSA) is 142 Å². The van der Waals surface area contributed by atoms with Gasteiger partial charge in [0.2, 0.25) is 0 Å². The van der Waals surface area contributed by atoms with E-state index in [9.17, 15) is 23.3 Å². The van der Waals surface area contributed by atoms with Crippen molar-refractivity contribution in [3.8, 4) is 6.07 Å². The number of sulfonamides is 1. The zero-order valence-electron chi connectivity index (χ0n) is 13.1. The summed E-state index contributed by atoms with van der Waals surface area (Å²) in [7, 11) is -4.25. The molecule has 0 fully saturated rings. The van der Waals surface area contributed by atoms with Gasteiger partial charge in [-0.05, 0) is 17.7 Å². The van der Waals surface area contributed by atoms with Gasteiger partial charge in [-0.3, -0.25) is 20.3 Å². The molecule has 0 aliphatic rings. The molecule has 0 aromatic heterocycles. The molecule has 2 aromatic carbocycles. The molecule has 132 valence electrons. The van der Waals surface area contributed by atoms with Gasteiger partial charge in [-0.2, -0.15) is 5.26 Å². The molecule has 2 aromatic rings. The summed E-state index contributed by atoms with van der Waals surface area (Å²) in [4.78, 5) is 23.4. The van der Waals surface area contributed by atoms with E-state index in [-0.39, 0.29) is 5.57 Å². The number of nitrogens with zero attached hydrogens (tertiary/aromatic N) is 2. The van der Waals surface area contributed by atoms with E-state index in [1.165, 1.54) is 12.1 Å². The Morgan fingerprint density at radius 2 is 1.85 bits per heavy atom. The zero-order valence-corrected chi connectivity index (χ0v) is 13.9. The van der Waals surface area contributed by atoms with E-state index in [1.54, 1.807) is 41.2 Å². The van der Waals surface area contributed by atoms with Crippen molar-refractivity contribution in [2.24, 2.45) is 0 Å². The molecular formula is C16H12N4O5S. The van der Waals surface area contributed by atoms with Crippen LogP contribution in [0.3, 0.4) is 0 Å². The fourth-order valence-electron chi connectivity index (χ4n) is 1.87. The Morgan fingerprint density at radius 1 is 1.15 bits per heavy atom. The lowest BCUT2D eigenvalue weighted by atomic mass is 10.1. The van der Waals surface area contributed by atoms with Gasteiger partial charge < -0.3 is 0 Å². The number of non-ortho nitro benzene ring substituents is 1. The van der Waals surface area contributed by atoms with E-state index in [0.29, 0.717) is 5.56 Å². The Bertz CT molecular complexity index is 1010. The van der Waals surface area contributed by atoms with E-state index in [4.69, 9.17) is 5.26 Å². The number of benzene rings is 2. The Kier molecular flexibility index (Phi) is 5.79. The summed E-state index contributed by atoms with van der Waals surface area (Å²) in [5.74, 6) is -0.967. The highest BCUT2D eigenvalue weighted by atomic mass is 32.2. The summed E-state index contributed by atoms with van der Waals surface area (Å²) in [6, 6.07) is 14.5. The molecule has 0 heterocycles. The maximum Gasteiger partial charge on any atom is 0.276 e. The lowest BCUT2D eigenvalue weighted by Crippen LogP contribution is -2.42. The van der Waals surface area contributed by atoms with E-state index < -0.39 is 31.4 Å². The van der Waals surface area contributed by atoms with Crippen LogP contribution in [0.1, 0.15) is 5.56 Å². The van der Waals surface area contributed by atoms with E-state index >= 15 is 0 Å². The fourth-order valence-corrected chi connectivity index (χ4v) is 2.75. The average molecular weight is 372 g/mol. The molecule has 0 spiro atoms. The molecule has 0 saturated heterocycles. The fraction of sp³-hybridized carbons (Fsp3) is 0. The third kappa shape index (κ3) is 4.73. The summed E-state index contributed by atoms with van der Waals surface area (Å²) in [5.41, 5.74) is 1.75. The van der Waals surface area contributed by atoms with Crippen LogP contribution in [0, 0.1) is 21.4 Å². The quantitative estimate of drug-likeness (QED) is 0.341. The first-order valence-electron chi connectivity index (χ1n) is 7.07. The van der Waals surface area contributed by atoms with Gasteiger partial charge >= 0.3 is 0 Å². The molecule has 2 N–H and O–H groups in total. The molecule has 0 saturated carbocycles. The third-order valence-corrected chi connectivity index (χ3v) is 4.36. The second kappa shape index (κ2) is 8.02. The number of rotatable bonds is 6. The number of nitriles is 1. The Morgan fingerprint density at radius 3 is 2.46 bits per heavy atom. The minimum atomic E-state index is -4.25. The van der Waals surface area contributed by atoms with Gasteiger partial charge in [-0.1, -0.05) is 36.4 Å². The first-order valence-corrected chi connectivity index (χ1v) is 8.55. The smallest absolute Gasteiger partial charge is 0.273 e. The predicted molar refractivity (Wildman–Crippen MR) is 91.6 cm³/mol. The standard InChI is InChI=1S/C16H12N4O5S/c17-11-13(9-12-5-2-1-3-6-12)16(21)18-19-26(24,25)15-8-4-7-14(10-15)20(22)23/h1-10,19H,(H,18,21)/b13-9-. The highest BCUT2D eigenvalue weighted by molar-refractivity contribution is 7.89. The largest absolute Gasteiger partial charge is 0.276 e. The first kappa shape index (κ1) is 18.8. The van der Waals surface area contributed by atoms with Crippen molar-refractivity contribution in [1.29, 1.82) is 5.26 Å². The number of hydrogen-bond acceptors (Lipinski definition) is 6. The third-order valence-electron chi connectivity index (χ3n) is 3.11. The molecule has 0 radical (unpaired) electrons. The summed E-state index contributed by atoms with van der Waals surface area (Å²) < 4.78 is 24.3. The minimum absolute atomic E-state index is 0.321. The second-order valence-corrected chi connectivity index (χ2v) is 6.58. The van der Waals surface area contributed by atoms with Crippen LogP contribution < -0.4 is 10.3 Å². The van der Waals surface area contributed by atoms with Gasteiger partial charge in [-0.15, -0.1) is 4.83 Å². The summed E-state index contributed by atoms with van der Waals surface area (Å²) in [6.07, 6.45) is 1.29. The minimum Gasteiger partial charge on any atom is -0.273 e. The molecule has 0 atom stereocenters. The molecule has 1 amide bonds. The van der Waals surface area contributed by atoms with Gasteiger partial charge in [-0.25, -0.2) is 8.42 Å². The van der Waals surface area contributed by atoms with Crippen molar-refractivity contribution in [2.45, 2.75) is 4.90 Å². The number of nitrogens with one attached hydrogen (secondary N) is 2. The van der Waals surface area contributed by atoms with Crippen LogP contribution in [0.15, 0.2) is 65.1 Å². The number of nitro benzene ring substituents is 1. The number of hydrazine groups is 1. The van der Waals surface area contributed by atoms with Crippen LogP contribution >= 0.6 is 0 Å². The van der Waals surface area contributed by atoms with Crippen molar-refractivity contribution in [1.82, 2.24) is 10.3 Å². The molecule has 0 aliphatic carbocycles. The van der Waals surface area contributed by atoms with Gasteiger partial charge in [0.1, 0.15) is 11.6 Å². The lowest BCUT2D eigenvalue weighted by Gasteiger charge is -2.08. The van der Waals surface area contributed by atoms with Crippen LogP contribution in [0.4, 0.5) is 5.69 Å². The number of amides is 1. The molecule has 9 nitrogen and oxygen atoms in total.